The SMILES string of the molecule is O=C(NCc1cnc[nH]1)C1(c2ccccc2)CCOCC1. The van der Waals surface area contributed by atoms with Crippen molar-refractivity contribution < 1.29 is 9.53 Å². The number of benzene rings is 1. The van der Waals surface area contributed by atoms with Crippen molar-refractivity contribution in [2.24, 2.45) is 0 Å². The van der Waals surface area contributed by atoms with Gasteiger partial charge in [-0.25, -0.2) is 4.98 Å². The van der Waals surface area contributed by atoms with E-state index >= 15 is 0 Å². The average Bonchev–Trinajstić information content (AvgIpc) is 3.07. The molecule has 5 heteroatoms. The minimum atomic E-state index is -0.487. The normalized spacial score (nSPS) is 17.3. The van der Waals surface area contributed by atoms with E-state index in [0.717, 1.165) is 11.3 Å². The van der Waals surface area contributed by atoms with Gasteiger partial charge in [0.2, 0.25) is 5.91 Å². The van der Waals surface area contributed by atoms with Crippen LogP contribution in [0.4, 0.5) is 0 Å². The summed E-state index contributed by atoms with van der Waals surface area (Å²) in [5.41, 5.74) is 1.48. The predicted octanol–water partition coefficient (Wildman–Crippen LogP) is 1.77. The molecule has 3 rings (SSSR count). The summed E-state index contributed by atoms with van der Waals surface area (Å²) in [6.07, 6.45) is 4.76. The second-order valence-electron chi connectivity index (χ2n) is 5.32. The minimum Gasteiger partial charge on any atom is -0.381 e. The summed E-state index contributed by atoms with van der Waals surface area (Å²) in [6, 6.07) is 9.99. The van der Waals surface area contributed by atoms with E-state index in [1.165, 1.54) is 0 Å². The lowest BCUT2D eigenvalue weighted by Crippen LogP contribution is -2.47. The van der Waals surface area contributed by atoms with E-state index in [9.17, 15) is 4.79 Å². The van der Waals surface area contributed by atoms with Gasteiger partial charge in [0.25, 0.3) is 0 Å². The van der Waals surface area contributed by atoms with Crippen LogP contribution >= 0.6 is 0 Å². The van der Waals surface area contributed by atoms with Crippen molar-refractivity contribution in [1.82, 2.24) is 15.3 Å². The Balaban J connectivity index is 1.80. The molecule has 0 saturated carbocycles. The minimum absolute atomic E-state index is 0.0617. The fourth-order valence-corrected chi connectivity index (χ4v) is 2.85. The van der Waals surface area contributed by atoms with Gasteiger partial charge >= 0.3 is 0 Å². The molecular formula is C16H19N3O2. The smallest absolute Gasteiger partial charge is 0.231 e. The molecule has 1 fully saturated rings. The average molecular weight is 285 g/mol. The van der Waals surface area contributed by atoms with E-state index in [1.807, 2.05) is 30.3 Å². The van der Waals surface area contributed by atoms with Gasteiger partial charge < -0.3 is 15.0 Å². The maximum Gasteiger partial charge on any atom is 0.231 e. The predicted molar refractivity (Wildman–Crippen MR) is 78.6 cm³/mol. The molecule has 1 amide bonds. The topological polar surface area (TPSA) is 67.0 Å². The number of imidazole rings is 1. The second-order valence-corrected chi connectivity index (χ2v) is 5.32. The number of carbonyl (C=O) groups is 1. The summed E-state index contributed by atoms with van der Waals surface area (Å²) in [5.74, 6) is 0.0617. The van der Waals surface area contributed by atoms with Crippen molar-refractivity contribution in [2.45, 2.75) is 24.8 Å². The highest BCUT2D eigenvalue weighted by atomic mass is 16.5. The molecule has 1 aliphatic heterocycles. The van der Waals surface area contributed by atoms with Gasteiger partial charge in [-0.1, -0.05) is 30.3 Å². The summed E-state index contributed by atoms with van der Waals surface area (Å²) in [7, 11) is 0. The van der Waals surface area contributed by atoms with E-state index in [4.69, 9.17) is 4.74 Å². The van der Waals surface area contributed by atoms with Gasteiger partial charge in [-0.3, -0.25) is 4.79 Å². The molecule has 1 aliphatic rings. The highest BCUT2D eigenvalue weighted by molar-refractivity contribution is 5.88. The fraction of sp³-hybridized carbons (Fsp3) is 0.375. The van der Waals surface area contributed by atoms with Crippen molar-refractivity contribution >= 4 is 5.91 Å². The second kappa shape index (κ2) is 6.10. The highest BCUT2D eigenvalue weighted by Gasteiger charge is 2.41. The number of hydrogen-bond donors (Lipinski definition) is 2. The Bertz CT molecular complexity index is 575. The van der Waals surface area contributed by atoms with Crippen LogP contribution in [-0.2, 0) is 21.5 Å². The quantitative estimate of drug-likeness (QED) is 0.899. The first-order chi connectivity index (χ1) is 10.3. The number of aromatic nitrogens is 2. The van der Waals surface area contributed by atoms with Crippen LogP contribution < -0.4 is 5.32 Å². The molecule has 2 N–H and O–H groups in total. The van der Waals surface area contributed by atoms with E-state index in [-0.39, 0.29) is 5.91 Å². The lowest BCUT2D eigenvalue weighted by molar-refractivity contribution is -0.130. The van der Waals surface area contributed by atoms with Gasteiger partial charge in [0.1, 0.15) is 0 Å². The van der Waals surface area contributed by atoms with E-state index in [0.29, 0.717) is 32.6 Å². The standard InChI is InChI=1S/C16H19N3O2/c20-15(18-11-14-10-17-12-19-14)16(6-8-21-9-7-16)13-4-2-1-3-5-13/h1-5,10,12H,6-9,11H2,(H,17,19)(H,18,20). The first-order valence-electron chi connectivity index (χ1n) is 7.20. The molecular weight excluding hydrogens is 266 g/mol. The first kappa shape index (κ1) is 13.8. The molecule has 2 aromatic rings. The third-order valence-corrected chi connectivity index (χ3v) is 4.10. The number of aromatic amines is 1. The third-order valence-electron chi connectivity index (χ3n) is 4.10. The van der Waals surface area contributed by atoms with Crippen LogP contribution in [0.1, 0.15) is 24.1 Å². The Kier molecular flexibility index (Phi) is 4.01. The van der Waals surface area contributed by atoms with Crippen LogP contribution in [-0.4, -0.2) is 29.1 Å². The van der Waals surface area contributed by atoms with Gasteiger partial charge in [0.05, 0.1) is 24.0 Å². The molecule has 5 nitrogen and oxygen atoms in total. The zero-order chi connectivity index (χ0) is 14.5. The van der Waals surface area contributed by atoms with Crippen molar-refractivity contribution in [3.05, 3.63) is 54.1 Å². The molecule has 0 atom stereocenters. The molecule has 110 valence electrons. The van der Waals surface area contributed by atoms with Crippen LogP contribution in [0.2, 0.25) is 0 Å². The highest BCUT2D eigenvalue weighted by Crippen LogP contribution is 2.35. The summed E-state index contributed by atoms with van der Waals surface area (Å²) in [5, 5.41) is 3.03. The van der Waals surface area contributed by atoms with Crippen molar-refractivity contribution in [3.63, 3.8) is 0 Å². The zero-order valence-corrected chi connectivity index (χ0v) is 11.8. The molecule has 0 unspecified atom stereocenters. The number of nitrogens with one attached hydrogen (secondary N) is 2. The third kappa shape index (κ3) is 2.83. The van der Waals surface area contributed by atoms with Gasteiger partial charge in [0.15, 0.2) is 0 Å². The molecule has 2 heterocycles. The Morgan fingerprint density at radius 2 is 2.05 bits per heavy atom. The van der Waals surface area contributed by atoms with E-state index in [2.05, 4.69) is 15.3 Å². The lowest BCUT2D eigenvalue weighted by Gasteiger charge is -2.36. The van der Waals surface area contributed by atoms with Crippen LogP contribution in [0.15, 0.2) is 42.9 Å². The largest absolute Gasteiger partial charge is 0.381 e. The Hall–Kier alpha value is -2.14. The Morgan fingerprint density at radius 3 is 2.71 bits per heavy atom. The van der Waals surface area contributed by atoms with E-state index < -0.39 is 5.41 Å². The number of ether oxygens (including phenoxy) is 1. The number of nitrogens with zero attached hydrogens (tertiary/aromatic N) is 1. The summed E-state index contributed by atoms with van der Waals surface area (Å²) in [4.78, 5) is 19.8. The number of rotatable bonds is 4. The van der Waals surface area contributed by atoms with E-state index in [1.54, 1.807) is 12.5 Å². The number of carbonyl (C=O) groups excluding carboxylic acids is 1. The summed E-state index contributed by atoms with van der Waals surface area (Å²) < 4.78 is 5.45. The van der Waals surface area contributed by atoms with Crippen LogP contribution in [0, 0.1) is 0 Å². The molecule has 0 bridgehead atoms. The molecule has 1 aromatic carbocycles. The maximum atomic E-state index is 12.8. The maximum absolute atomic E-state index is 12.8. The van der Waals surface area contributed by atoms with Gasteiger partial charge in [0, 0.05) is 19.4 Å². The van der Waals surface area contributed by atoms with Crippen molar-refractivity contribution in [3.8, 4) is 0 Å². The number of H-pyrrole nitrogens is 1. The van der Waals surface area contributed by atoms with Crippen LogP contribution in [0.25, 0.3) is 0 Å². The molecule has 1 aromatic heterocycles. The molecule has 0 aliphatic carbocycles. The fourth-order valence-electron chi connectivity index (χ4n) is 2.85. The molecule has 0 spiro atoms. The number of amides is 1. The van der Waals surface area contributed by atoms with Gasteiger partial charge in [-0.15, -0.1) is 0 Å². The lowest BCUT2D eigenvalue weighted by atomic mass is 9.73. The van der Waals surface area contributed by atoms with Crippen molar-refractivity contribution in [1.29, 1.82) is 0 Å². The van der Waals surface area contributed by atoms with Crippen molar-refractivity contribution in [2.75, 3.05) is 13.2 Å². The molecule has 0 radical (unpaired) electrons. The Morgan fingerprint density at radius 1 is 1.29 bits per heavy atom. The number of hydrogen-bond acceptors (Lipinski definition) is 3. The zero-order valence-electron chi connectivity index (χ0n) is 11.8. The summed E-state index contributed by atoms with van der Waals surface area (Å²) >= 11 is 0. The summed E-state index contributed by atoms with van der Waals surface area (Å²) in [6.45, 7) is 1.70. The first-order valence-corrected chi connectivity index (χ1v) is 7.20. The van der Waals surface area contributed by atoms with Gasteiger partial charge in [-0.05, 0) is 18.4 Å². The molecule has 1 saturated heterocycles. The van der Waals surface area contributed by atoms with Crippen LogP contribution in [0.3, 0.4) is 0 Å². The van der Waals surface area contributed by atoms with Crippen LogP contribution in [0.5, 0.6) is 0 Å². The monoisotopic (exact) mass is 285 g/mol. The van der Waals surface area contributed by atoms with Gasteiger partial charge in [-0.2, -0.15) is 0 Å². The molecule has 21 heavy (non-hydrogen) atoms. The Labute approximate surface area is 123 Å².